The third-order valence-electron chi connectivity index (χ3n) is 10.4. The van der Waals surface area contributed by atoms with E-state index >= 15 is 0 Å². The third kappa shape index (κ3) is 39.9. The van der Waals surface area contributed by atoms with Crippen molar-refractivity contribution in [1.82, 2.24) is 5.32 Å². The van der Waals surface area contributed by atoms with Gasteiger partial charge in [-0.25, -0.2) is 0 Å². The first kappa shape index (κ1) is 54.3. The molecule has 0 aromatic heterocycles. The minimum Gasteiger partial charge on any atom is -0.462 e. The van der Waals surface area contributed by atoms with Crippen LogP contribution >= 0.6 is 0 Å². The molecule has 3 unspecified atom stereocenters. The van der Waals surface area contributed by atoms with Gasteiger partial charge in [0.15, 0.2) is 0 Å². The quantitative estimate of drug-likeness (QED) is 0.0325. The second kappa shape index (κ2) is 44.4. The van der Waals surface area contributed by atoms with Gasteiger partial charge in [0.1, 0.15) is 6.10 Å². The van der Waals surface area contributed by atoms with Crippen molar-refractivity contribution in [1.29, 1.82) is 0 Å². The fourth-order valence-electron chi connectivity index (χ4n) is 6.78. The first-order valence-corrected chi connectivity index (χ1v) is 23.7. The van der Waals surface area contributed by atoms with Crippen molar-refractivity contribution >= 4 is 11.9 Å². The van der Waals surface area contributed by atoms with E-state index in [2.05, 4.69) is 68.6 Å². The van der Waals surface area contributed by atoms with E-state index in [1.807, 2.05) is 30.4 Å². The van der Waals surface area contributed by atoms with Crippen molar-refractivity contribution in [3.63, 3.8) is 0 Å². The van der Waals surface area contributed by atoms with Crippen LogP contribution in [-0.2, 0) is 14.3 Å². The van der Waals surface area contributed by atoms with E-state index in [4.69, 9.17) is 4.74 Å². The molecule has 0 radical (unpaired) electrons. The number of amides is 1. The lowest BCUT2D eigenvalue weighted by molar-refractivity contribution is -0.151. The molecule has 3 atom stereocenters. The highest BCUT2D eigenvalue weighted by atomic mass is 16.5. The lowest BCUT2D eigenvalue weighted by Crippen LogP contribution is -2.46. The maximum atomic E-state index is 13.1. The number of hydrogen-bond donors (Lipinski definition) is 3. The standard InChI is InChI=1S/C51H89NO5/c1-4-7-10-13-16-19-22-25-27-30-33-36-39-42-47(57-51(56)44-41-38-35-32-29-26-23-20-17-14-11-8-5-2)45-50(55)52-48(46-53)49(54)43-40-37-34-31-28-24-21-18-15-12-9-6-3/h8,11,14,16-17,19-20,22-23,25-26,29,47-49,53-54H,4-7,9-10,12-13,15,18,21,24,27-28,30-46H2,1-3H3,(H,52,55)/b11-8+,17-14+,19-16+,23-20-,25-22+,29-26-. The van der Waals surface area contributed by atoms with Crippen LogP contribution in [0.4, 0.5) is 0 Å². The molecule has 6 heteroatoms. The summed E-state index contributed by atoms with van der Waals surface area (Å²) in [6.07, 6.45) is 55.3. The minimum atomic E-state index is -0.802. The Labute approximate surface area is 351 Å². The van der Waals surface area contributed by atoms with Crippen molar-refractivity contribution in [2.45, 2.75) is 232 Å². The van der Waals surface area contributed by atoms with Crippen LogP contribution in [0.1, 0.15) is 213 Å². The van der Waals surface area contributed by atoms with Gasteiger partial charge in [0.05, 0.1) is 25.2 Å². The monoisotopic (exact) mass is 796 g/mol. The largest absolute Gasteiger partial charge is 0.462 e. The summed E-state index contributed by atoms with van der Waals surface area (Å²) in [5.41, 5.74) is 0. The molecule has 0 heterocycles. The summed E-state index contributed by atoms with van der Waals surface area (Å²) in [4.78, 5) is 26.0. The van der Waals surface area contributed by atoms with Gasteiger partial charge in [0, 0.05) is 6.42 Å². The fourth-order valence-corrected chi connectivity index (χ4v) is 6.78. The molecule has 328 valence electrons. The molecule has 0 fully saturated rings. The van der Waals surface area contributed by atoms with Crippen molar-refractivity contribution in [2.24, 2.45) is 0 Å². The van der Waals surface area contributed by atoms with Gasteiger partial charge in [-0.1, -0.05) is 203 Å². The summed E-state index contributed by atoms with van der Waals surface area (Å²) in [6.45, 7) is 6.28. The van der Waals surface area contributed by atoms with Crippen LogP contribution in [0.3, 0.4) is 0 Å². The number of nitrogens with one attached hydrogen (secondary N) is 1. The Hall–Kier alpha value is -2.70. The van der Waals surface area contributed by atoms with Crippen LogP contribution in [-0.4, -0.2) is 46.9 Å². The highest BCUT2D eigenvalue weighted by Crippen LogP contribution is 2.17. The van der Waals surface area contributed by atoms with Crippen molar-refractivity contribution in [3.05, 3.63) is 72.9 Å². The Kier molecular flexibility index (Phi) is 42.3. The number of unbranched alkanes of at least 4 members (excludes halogenated alkanes) is 21. The van der Waals surface area contributed by atoms with Crippen LogP contribution in [0, 0.1) is 0 Å². The average Bonchev–Trinajstić information content (AvgIpc) is 3.20. The molecular formula is C51H89NO5. The van der Waals surface area contributed by atoms with Gasteiger partial charge in [-0.2, -0.15) is 0 Å². The summed E-state index contributed by atoms with van der Waals surface area (Å²) in [5.74, 6) is -0.545. The van der Waals surface area contributed by atoms with Crippen LogP contribution in [0.2, 0.25) is 0 Å². The summed E-state index contributed by atoms with van der Waals surface area (Å²) in [6, 6.07) is -0.718. The number of aliphatic hydroxyl groups excluding tert-OH is 2. The molecule has 0 rings (SSSR count). The van der Waals surface area contributed by atoms with Gasteiger partial charge >= 0.3 is 5.97 Å². The molecule has 57 heavy (non-hydrogen) atoms. The van der Waals surface area contributed by atoms with Gasteiger partial charge in [0.2, 0.25) is 5.91 Å². The van der Waals surface area contributed by atoms with Crippen LogP contribution in [0.15, 0.2) is 72.9 Å². The van der Waals surface area contributed by atoms with Crippen LogP contribution in [0.25, 0.3) is 0 Å². The van der Waals surface area contributed by atoms with Gasteiger partial charge in [-0.05, 0) is 70.6 Å². The molecule has 0 aliphatic heterocycles. The van der Waals surface area contributed by atoms with E-state index in [0.717, 1.165) is 89.9 Å². The van der Waals surface area contributed by atoms with E-state index in [1.165, 1.54) is 77.0 Å². The van der Waals surface area contributed by atoms with E-state index in [1.54, 1.807) is 0 Å². The van der Waals surface area contributed by atoms with Gasteiger partial charge in [-0.3, -0.25) is 9.59 Å². The first-order valence-electron chi connectivity index (χ1n) is 23.7. The van der Waals surface area contributed by atoms with Gasteiger partial charge in [-0.15, -0.1) is 0 Å². The molecule has 0 aromatic carbocycles. The van der Waals surface area contributed by atoms with Gasteiger partial charge < -0.3 is 20.3 Å². The highest BCUT2D eigenvalue weighted by Gasteiger charge is 2.24. The van der Waals surface area contributed by atoms with Crippen molar-refractivity contribution < 1.29 is 24.5 Å². The smallest absolute Gasteiger partial charge is 0.306 e. The molecule has 0 aromatic rings. The Morgan fingerprint density at radius 3 is 1.49 bits per heavy atom. The number of esters is 1. The molecule has 0 aliphatic carbocycles. The first-order chi connectivity index (χ1) is 28.0. The molecule has 0 spiro atoms. The molecule has 0 aliphatic rings. The topological polar surface area (TPSA) is 95.9 Å². The number of ether oxygens (including phenoxy) is 1. The zero-order chi connectivity index (χ0) is 41.7. The van der Waals surface area contributed by atoms with Crippen LogP contribution < -0.4 is 5.32 Å². The maximum absolute atomic E-state index is 13.1. The number of carbonyl (C=O) groups is 2. The maximum Gasteiger partial charge on any atom is 0.306 e. The van der Waals surface area contributed by atoms with E-state index in [9.17, 15) is 19.8 Å². The normalized spacial score (nSPS) is 14.0. The zero-order valence-electron chi connectivity index (χ0n) is 37.2. The number of allylic oxidation sites excluding steroid dienone is 12. The average molecular weight is 796 g/mol. The molecule has 3 N–H and O–H groups in total. The predicted octanol–water partition coefficient (Wildman–Crippen LogP) is 13.8. The number of carbonyl (C=O) groups excluding carboxylic acids is 2. The summed E-state index contributed by atoms with van der Waals surface area (Å²) in [5, 5.41) is 23.7. The fraction of sp³-hybridized carbons (Fsp3) is 0.725. The Morgan fingerprint density at radius 2 is 0.947 bits per heavy atom. The summed E-state index contributed by atoms with van der Waals surface area (Å²) < 4.78 is 5.88. The van der Waals surface area contributed by atoms with Crippen molar-refractivity contribution in [2.75, 3.05) is 6.61 Å². The number of aliphatic hydroxyl groups is 2. The molecule has 0 bridgehead atoms. The second-order valence-corrected chi connectivity index (χ2v) is 15.9. The highest BCUT2D eigenvalue weighted by molar-refractivity contribution is 5.77. The lowest BCUT2D eigenvalue weighted by atomic mass is 10.0. The molecular weight excluding hydrogens is 707 g/mol. The number of hydrogen-bond acceptors (Lipinski definition) is 5. The van der Waals surface area contributed by atoms with Gasteiger partial charge in [0.25, 0.3) is 0 Å². The zero-order valence-corrected chi connectivity index (χ0v) is 37.2. The molecule has 0 saturated carbocycles. The Morgan fingerprint density at radius 1 is 0.526 bits per heavy atom. The summed E-state index contributed by atoms with van der Waals surface area (Å²) in [7, 11) is 0. The minimum absolute atomic E-state index is 0.0449. The van der Waals surface area contributed by atoms with E-state index in [-0.39, 0.29) is 24.9 Å². The SMILES string of the molecule is CC/C=C/C=C/C=C\C=C/CCCCCC(=O)OC(CCCCCC/C=C/C=C/CCCCC)CC(=O)NC(CO)C(O)CCCCCCCCCCCCCC. The lowest BCUT2D eigenvalue weighted by Gasteiger charge is -2.24. The van der Waals surface area contributed by atoms with Crippen LogP contribution in [0.5, 0.6) is 0 Å². The predicted molar refractivity (Wildman–Crippen MR) is 245 cm³/mol. The summed E-state index contributed by atoms with van der Waals surface area (Å²) >= 11 is 0. The molecule has 1 amide bonds. The second-order valence-electron chi connectivity index (χ2n) is 15.9. The Bertz CT molecular complexity index is 1070. The molecule has 6 nitrogen and oxygen atoms in total. The Balaban J connectivity index is 4.71. The molecule has 0 saturated heterocycles. The third-order valence-corrected chi connectivity index (χ3v) is 10.4. The van der Waals surface area contributed by atoms with Crippen molar-refractivity contribution in [3.8, 4) is 0 Å². The van der Waals surface area contributed by atoms with E-state index < -0.39 is 18.2 Å². The van der Waals surface area contributed by atoms with E-state index in [0.29, 0.717) is 19.3 Å². The number of rotatable bonds is 41.